The Morgan fingerprint density at radius 1 is 1.32 bits per heavy atom. The second-order valence-electron chi connectivity index (χ2n) is 7.12. The fourth-order valence-corrected chi connectivity index (χ4v) is 3.62. The molecule has 1 aliphatic carbocycles. The fraction of sp³-hybridized carbons (Fsp3) is 0.800. The van der Waals surface area contributed by atoms with E-state index in [1.165, 1.54) is 0 Å². The summed E-state index contributed by atoms with van der Waals surface area (Å²) < 4.78 is 13.9. The van der Waals surface area contributed by atoms with E-state index in [4.69, 9.17) is 0 Å². The van der Waals surface area contributed by atoms with Crippen LogP contribution in [0.2, 0.25) is 0 Å². The van der Waals surface area contributed by atoms with Gasteiger partial charge in [0.15, 0.2) is 0 Å². The van der Waals surface area contributed by atoms with E-state index in [-0.39, 0.29) is 18.3 Å². The molecule has 1 aliphatic rings. The number of hydrogen-bond donors (Lipinski definition) is 1. The monoisotopic (exact) mass is 354 g/mol. The van der Waals surface area contributed by atoms with Gasteiger partial charge in [-0.3, -0.25) is 0 Å². The maximum absolute atomic E-state index is 13.9. The zero-order chi connectivity index (χ0) is 18.5. The molecule has 1 N–H and O–H groups in total. The molecule has 0 aromatic rings. The second-order valence-corrected chi connectivity index (χ2v) is 7.12. The van der Waals surface area contributed by atoms with E-state index in [1.807, 2.05) is 6.08 Å². The Hall–Kier alpha value is -1.39. The normalized spacial score (nSPS) is 23.5. The lowest BCUT2D eigenvalue weighted by molar-refractivity contribution is -0.305. The summed E-state index contributed by atoms with van der Waals surface area (Å²) in [6.45, 7) is 2.11. The van der Waals surface area contributed by atoms with Crippen LogP contribution in [0.3, 0.4) is 0 Å². The average molecular weight is 354 g/mol. The molecule has 1 saturated carbocycles. The van der Waals surface area contributed by atoms with E-state index in [0.717, 1.165) is 63.5 Å². The highest BCUT2D eigenvalue weighted by atomic mass is 19.1. The van der Waals surface area contributed by atoms with Gasteiger partial charge in [0.1, 0.15) is 6.17 Å². The SMILES string of the molecule is CCCCC[C@@H](F)/C=C/[C@H]1CCC(=NO)[C@@H]1CCCCCCC(=O)[O-]. The number of carboxylic acid groups (broad SMARTS) is 1. The molecule has 3 atom stereocenters. The number of unbranched alkanes of at least 4 members (excludes halogenated alkanes) is 5. The molecule has 1 rings (SSSR count). The Bertz CT molecular complexity index is 437. The molecule has 0 aromatic heterocycles. The van der Waals surface area contributed by atoms with E-state index in [0.29, 0.717) is 12.8 Å². The van der Waals surface area contributed by atoms with Crippen LogP contribution < -0.4 is 5.11 Å². The van der Waals surface area contributed by atoms with Crippen LogP contribution in [0, 0.1) is 11.8 Å². The Labute approximate surface area is 151 Å². The first-order valence-electron chi connectivity index (χ1n) is 9.81. The first kappa shape index (κ1) is 21.7. The third kappa shape index (κ3) is 9.03. The standard InChI is InChI=1S/C20H34FNO3/c1-2-3-6-9-17(21)14-12-16-13-15-19(22-25)18(16)10-7-4-5-8-11-20(23)24/h12,14,16-18,25H,2-11,13,15H2,1H3,(H,23,24)/p-1/b14-12+,22-19?/t16-,17+,18+/m0/s1. The number of rotatable bonds is 13. The molecule has 0 spiro atoms. The van der Waals surface area contributed by atoms with Gasteiger partial charge >= 0.3 is 0 Å². The molecule has 25 heavy (non-hydrogen) atoms. The maximum Gasteiger partial charge on any atom is 0.118 e. The zero-order valence-corrected chi connectivity index (χ0v) is 15.5. The number of alkyl halides is 1. The summed E-state index contributed by atoms with van der Waals surface area (Å²) in [5.74, 6) is -0.556. The molecule has 0 aromatic carbocycles. The Morgan fingerprint density at radius 2 is 2.08 bits per heavy atom. The predicted octanol–water partition coefficient (Wildman–Crippen LogP) is 4.41. The molecule has 0 saturated heterocycles. The van der Waals surface area contributed by atoms with Crippen molar-refractivity contribution >= 4 is 11.7 Å². The number of carbonyl (C=O) groups excluding carboxylic acids is 1. The van der Waals surface area contributed by atoms with Crippen molar-refractivity contribution in [3.8, 4) is 0 Å². The van der Waals surface area contributed by atoms with Crippen molar-refractivity contribution in [1.82, 2.24) is 0 Å². The predicted molar refractivity (Wildman–Crippen MR) is 96.3 cm³/mol. The first-order chi connectivity index (χ1) is 12.1. The fourth-order valence-electron chi connectivity index (χ4n) is 3.62. The van der Waals surface area contributed by atoms with E-state index >= 15 is 0 Å². The van der Waals surface area contributed by atoms with Crippen molar-refractivity contribution in [2.45, 2.75) is 90.1 Å². The highest BCUT2D eigenvalue weighted by Crippen LogP contribution is 2.35. The lowest BCUT2D eigenvalue weighted by atomic mass is 9.89. The smallest absolute Gasteiger partial charge is 0.118 e. The molecule has 0 bridgehead atoms. The molecule has 0 unspecified atom stereocenters. The lowest BCUT2D eigenvalue weighted by Crippen LogP contribution is -2.21. The van der Waals surface area contributed by atoms with Crippen molar-refractivity contribution < 1.29 is 19.5 Å². The average Bonchev–Trinajstić information content (AvgIpc) is 2.98. The Kier molecular flexibility index (Phi) is 11.2. The van der Waals surface area contributed by atoms with E-state index < -0.39 is 12.1 Å². The van der Waals surface area contributed by atoms with Gasteiger partial charge < -0.3 is 15.1 Å². The largest absolute Gasteiger partial charge is 0.550 e. The Morgan fingerprint density at radius 3 is 2.76 bits per heavy atom. The molecule has 1 fully saturated rings. The zero-order valence-electron chi connectivity index (χ0n) is 15.5. The highest BCUT2D eigenvalue weighted by Gasteiger charge is 2.31. The van der Waals surface area contributed by atoms with Gasteiger partial charge in [0, 0.05) is 11.9 Å². The van der Waals surface area contributed by atoms with Crippen molar-refractivity contribution in [2.24, 2.45) is 17.0 Å². The molecule has 144 valence electrons. The summed E-state index contributed by atoms with van der Waals surface area (Å²) in [4.78, 5) is 10.4. The minimum atomic E-state index is -0.990. The quantitative estimate of drug-likeness (QED) is 0.230. The number of allylic oxidation sites excluding steroid dienone is 2. The van der Waals surface area contributed by atoms with Gasteiger partial charge in [-0.2, -0.15) is 0 Å². The number of oxime groups is 1. The number of hydrogen-bond acceptors (Lipinski definition) is 4. The van der Waals surface area contributed by atoms with E-state index in [9.17, 15) is 19.5 Å². The summed E-state index contributed by atoms with van der Waals surface area (Å²) in [7, 11) is 0. The number of aliphatic carboxylic acids is 1. The van der Waals surface area contributed by atoms with Crippen LogP contribution in [0.5, 0.6) is 0 Å². The van der Waals surface area contributed by atoms with Crippen molar-refractivity contribution in [1.29, 1.82) is 0 Å². The Balaban J connectivity index is 2.38. The van der Waals surface area contributed by atoms with E-state index in [1.54, 1.807) is 6.08 Å². The van der Waals surface area contributed by atoms with Crippen molar-refractivity contribution in [2.75, 3.05) is 0 Å². The number of nitrogens with zero attached hydrogens (tertiary/aromatic N) is 1. The summed E-state index contributed by atoms with van der Waals surface area (Å²) in [6, 6.07) is 0. The number of carbonyl (C=O) groups is 1. The van der Waals surface area contributed by atoms with Crippen LogP contribution in [-0.4, -0.2) is 23.1 Å². The minimum absolute atomic E-state index is 0.119. The van der Waals surface area contributed by atoms with Crippen LogP contribution in [0.15, 0.2) is 17.3 Å². The van der Waals surface area contributed by atoms with E-state index in [2.05, 4.69) is 12.1 Å². The number of halogens is 1. The molecule has 4 nitrogen and oxygen atoms in total. The van der Waals surface area contributed by atoms with Crippen LogP contribution in [0.1, 0.15) is 84.0 Å². The van der Waals surface area contributed by atoms with Gasteiger partial charge in [-0.15, -0.1) is 0 Å². The molecular weight excluding hydrogens is 321 g/mol. The molecule has 0 amide bonds. The maximum atomic E-state index is 13.9. The van der Waals surface area contributed by atoms with Gasteiger partial charge in [0.05, 0.1) is 5.71 Å². The van der Waals surface area contributed by atoms with Gasteiger partial charge in [-0.25, -0.2) is 4.39 Å². The molecule has 5 heteroatoms. The summed E-state index contributed by atoms with van der Waals surface area (Å²) in [6.07, 6.45) is 12.6. The van der Waals surface area contributed by atoms with Crippen LogP contribution >= 0.6 is 0 Å². The first-order valence-corrected chi connectivity index (χ1v) is 9.81. The summed E-state index contributed by atoms with van der Waals surface area (Å²) in [5, 5.41) is 23.0. The topological polar surface area (TPSA) is 72.7 Å². The van der Waals surface area contributed by atoms with Crippen LogP contribution in [0.4, 0.5) is 4.39 Å². The van der Waals surface area contributed by atoms with Crippen LogP contribution in [-0.2, 0) is 4.79 Å². The van der Waals surface area contributed by atoms with Gasteiger partial charge in [-0.1, -0.05) is 62.8 Å². The molecular formula is C20H33FNO3-. The lowest BCUT2D eigenvalue weighted by Gasteiger charge is -2.17. The van der Waals surface area contributed by atoms with Crippen molar-refractivity contribution in [3.63, 3.8) is 0 Å². The highest BCUT2D eigenvalue weighted by molar-refractivity contribution is 5.88. The molecule has 0 aliphatic heterocycles. The van der Waals surface area contributed by atoms with Gasteiger partial charge in [-0.05, 0) is 44.4 Å². The van der Waals surface area contributed by atoms with Crippen molar-refractivity contribution in [3.05, 3.63) is 12.2 Å². The molecule has 0 radical (unpaired) electrons. The number of carboxylic acids is 1. The van der Waals surface area contributed by atoms with Gasteiger partial charge in [0.2, 0.25) is 0 Å². The summed E-state index contributed by atoms with van der Waals surface area (Å²) in [5.41, 5.74) is 0.825. The third-order valence-corrected chi connectivity index (χ3v) is 5.10. The third-order valence-electron chi connectivity index (χ3n) is 5.10. The summed E-state index contributed by atoms with van der Waals surface area (Å²) >= 11 is 0. The molecule has 0 heterocycles. The van der Waals surface area contributed by atoms with Crippen LogP contribution in [0.25, 0.3) is 0 Å². The van der Waals surface area contributed by atoms with Gasteiger partial charge in [0.25, 0.3) is 0 Å². The minimum Gasteiger partial charge on any atom is -0.550 e. The second kappa shape index (κ2) is 12.9.